The van der Waals surface area contributed by atoms with Gasteiger partial charge in [0.25, 0.3) is 0 Å². The van der Waals surface area contributed by atoms with Crippen molar-refractivity contribution >= 4 is 48.8 Å². The quantitative estimate of drug-likeness (QED) is 0.475. The molecule has 0 saturated carbocycles. The van der Waals surface area contributed by atoms with Crippen molar-refractivity contribution in [3.05, 3.63) is 59.8 Å². The first-order chi connectivity index (χ1) is 21.1. The number of hydrogen-bond donors (Lipinski definition) is 2. The Morgan fingerprint density at radius 2 is 1.26 bits per heavy atom. The second-order valence-corrected chi connectivity index (χ2v) is 10.5. The van der Waals surface area contributed by atoms with Crippen LogP contribution in [-0.4, -0.2) is 70.2 Å². The van der Waals surface area contributed by atoms with Crippen LogP contribution >= 0.6 is 0 Å². The molecule has 8 rings (SSSR count). The van der Waals surface area contributed by atoms with Gasteiger partial charge in [0.15, 0.2) is 11.6 Å². The van der Waals surface area contributed by atoms with E-state index in [0.717, 1.165) is 55.4 Å². The summed E-state index contributed by atoms with van der Waals surface area (Å²) in [4.78, 5) is 17.7. The highest BCUT2D eigenvalue weighted by atomic mass is 16.4. The summed E-state index contributed by atoms with van der Waals surface area (Å²) >= 11 is 0. The summed E-state index contributed by atoms with van der Waals surface area (Å²) < 4.78 is 10.7. The third-order valence-electron chi connectivity index (χ3n) is 7.02. The van der Waals surface area contributed by atoms with E-state index in [0.29, 0.717) is 29.4 Å². The number of fused-ring (bicyclic) bond motifs is 4. The van der Waals surface area contributed by atoms with Crippen LogP contribution in [-0.2, 0) is 0 Å². The Morgan fingerprint density at radius 1 is 0.721 bits per heavy atom. The van der Waals surface area contributed by atoms with Crippen LogP contribution in [0.1, 0.15) is 40.0 Å². The van der Waals surface area contributed by atoms with Crippen LogP contribution in [0.5, 0.6) is 0 Å². The summed E-state index contributed by atoms with van der Waals surface area (Å²) in [6.07, 6.45) is 13.7. The molecule has 0 bridgehead atoms. The summed E-state index contributed by atoms with van der Waals surface area (Å²) in [7, 11) is 0. The number of furan rings is 2. The topological polar surface area (TPSA) is 144 Å². The van der Waals surface area contributed by atoms with Crippen molar-refractivity contribution in [2.24, 2.45) is 36.1 Å². The average molecular weight is 585 g/mol. The van der Waals surface area contributed by atoms with Crippen molar-refractivity contribution in [2.45, 2.75) is 40.0 Å². The molecule has 0 unspecified atom stereocenters. The maximum Gasteiger partial charge on any atom is 0.235 e. The number of hydrogen-bond acceptors (Lipinski definition) is 16. The fourth-order valence-corrected chi connectivity index (χ4v) is 4.70. The number of amidine groups is 2. The summed E-state index contributed by atoms with van der Waals surface area (Å²) in [5.41, 5.74) is 7.90. The van der Waals surface area contributed by atoms with Gasteiger partial charge in [-0.25, -0.2) is 30.0 Å². The van der Waals surface area contributed by atoms with Gasteiger partial charge in [0, 0.05) is 25.2 Å². The average Bonchev–Trinajstić information content (AvgIpc) is 3.86. The lowest BCUT2D eigenvalue weighted by molar-refractivity contribution is 0.194. The van der Waals surface area contributed by atoms with E-state index in [2.05, 4.69) is 66.8 Å². The minimum atomic E-state index is 0.602. The minimum absolute atomic E-state index is 0.602. The molecule has 16 nitrogen and oxygen atoms in total. The van der Waals surface area contributed by atoms with Crippen LogP contribution in [0.3, 0.4) is 0 Å². The van der Waals surface area contributed by atoms with Crippen molar-refractivity contribution in [1.82, 2.24) is 30.9 Å². The first-order valence-corrected chi connectivity index (χ1v) is 14.2. The lowest BCUT2D eigenvalue weighted by Crippen LogP contribution is -2.40. The molecule has 43 heavy (non-hydrogen) atoms. The van der Waals surface area contributed by atoms with E-state index in [1.165, 1.54) is 0 Å². The number of nitrogens with zero attached hydrogens (tertiary/aromatic N) is 12. The highest BCUT2D eigenvalue weighted by Crippen LogP contribution is 2.29. The third kappa shape index (κ3) is 4.96. The van der Waals surface area contributed by atoms with E-state index in [1.54, 1.807) is 35.4 Å². The van der Waals surface area contributed by atoms with Gasteiger partial charge in [-0.1, -0.05) is 27.2 Å². The predicted molar refractivity (Wildman–Crippen MR) is 163 cm³/mol. The summed E-state index contributed by atoms with van der Waals surface area (Å²) in [6, 6.07) is 7.28. The lowest BCUT2D eigenvalue weighted by atomic mass is 10.1. The molecule has 0 fully saturated rings. The summed E-state index contributed by atoms with van der Waals surface area (Å²) in [6.45, 7) is 8.40. The van der Waals surface area contributed by atoms with Gasteiger partial charge in [-0.05, 0) is 30.9 Å². The Labute approximate surface area is 247 Å². The van der Waals surface area contributed by atoms with E-state index < -0.39 is 0 Å². The minimum Gasteiger partial charge on any atom is -0.446 e. The Morgan fingerprint density at radius 3 is 1.72 bits per heavy atom. The fraction of sp³-hybridized carbons (Fsp3) is 0.333. The van der Waals surface area contributed by atoms with Gasteiger partial charge in [-0.15, -0.1) is 20.4 Å². The van der Waals surface area contributed by atoms with Crippen LogP contribution in [0.2, 0.25) is 0 Å². The molecule has 8 heterocycles. The largest absolute Gasteiger partial charge is 0.446 e. The second kappa shape index (κ2) is 11.0. The number of unbranched alkanes of at least 4 members (excludes halogenated alkanes) is 1. The standard InChI is InChI=1S/C14H17N7O.C13H15N7O/c1-10(2)5-6-19-8-16-14-12-13(15-9-20(14)19)18-21(17-12)11-4-3-7-22-11;1-2-3-6-18-8-15-13-11-12(14-9-19(13)18)17-20(16-11)10-5-4-7-21-10/h3-4,7-10,17H,5-6H2,1-2H3;4-5,7-9,16H,2-3,6H2,1H3. The number of nitrogens with one attached hydrogen (secondary N) is 2. The molecule has 6 aliphatic heterocycles. The Kier molecular flexibility index (Phi) is 6.76. The van der Waals surface area contributed by atoms with E-state index in [9.17, 15) is 0 Å². The molecule has 2 aromatic rings. The molecule has 2 N–H and O–H groups in total. The lowest BCUT2D eigenvalue weighted by Gasteiger charge is -2.28. The maximum atomic E-state index is 5.34. The van der Waals surface area contributed by atoms with Crippen molar-refractivity contribution in [3.63, 3.8) is 0 Å². The van der Waals surface area contributed by atoms with E-state index in [-0.39, 0.29) is 0 Å². The van der Waals surface area contributed by atoms with Gasteiger partial charge in [0.05, 0.1) is 12.5 Å². The molecule has 222 valence electrons. The molecule has 0 aliphatic carbocycles. The van der Waals surface area contributed by atoms with Gasteiger partial charge >= 0.3 is 0 Å². The van der Waals surface area contributed by atoms with Crippen LogP contribution in [0.15, 0.2) is 98.8 Å². The number of rotatable bonds is 8. The van der Waals surface area contributed by atoms with Gasteiger partial charge in [-0.3, -0.25) is 20.9 Å². The summed E-state index contributed by atoms with van der Waals surface area (Å²) in [5, 5.41) is 19.8. The SMILES string of the molecule is CC(C)CCN1C=NC2=C3NN(c4ccco4)N=C3N=CN21.CCCCN1C=NC2=C3NN(c4ccco4)N=C3N=CN21. The van der Waals surface area contributed by atoms with Gasteiger partial charge in [-0.2, -0.15) is 0 Å². The smallest absolute Gasteiger partial charge is 0.235 e. The normalized spacial score (nSPS) is 19.1. The fourth-order valence-electron chi connectivity index (χ4n) is 4.70. The van der Waals surface area contributed by atoms with E-state index >= 15 is 0 Å². The van der Waals surface area contributed by atoms with Crippen LogP contribution in [0, 0.1) is 5.92 Å². The van der Waals surface area contributed by atoms with Crippen LogP contribution in [0.4, 0.5) is 11.8 Å². The molecule has 0 radical (unpaired) electrons. The molecule has 16 heteroatoms. The second-order valence-electron chi connectivity index (χ2n) is 10.5. The van der Waals surface area contributed by atoms with Gasteiger partial charge in [0.2, 0.25) is 23.4 Å². The predicted octanol–water partition coefficient (Wildman–Crippen LogP) is 3.23. The molecule has 2 aromatic heterocycles. The molecule has 6 aliphatic rings. The first-order valence-electron chi connectivity index (χ1n) is 14.2. The highest BCUT2D eigenvalue weighted by molar-refractivity contribution is 6.08. The molecular weight excluding hydrogens is 552 g/mol. The first kappa shape index (κ1) is 26.4. The monoisotopic (exact) mass is 584 g/mol. The van der Waals surface area contributed by atoms with Crippen molar-refractivity contribution < 1.29 is 8.83 Å². The third-order valence-corrected chi connectivity index (χ3v) is 7.02. The zero-order chi connectivity index (χ0) is 29.3. The van der Waals surface area contributed by atoms with Gasteiger partial charge in [0.1, 0.15) is 36.7 Å². The number of hydrazine groups is 4. The Hall–Kier alpha value is -5.54. The van der Waals surface area contributed by atoms with E-state index in [1.807, 2.05) is 52.0 Å². The Balaban J connectivity index is 0.000000140. The molecule has 0 saturated heterocycles. The number of anilines is 2. The van der Waals surface area contributed by atoms with Gasteiger partial charge < -0.3 is 8.83 Å². The van der Waals surface area contributed by atoms with Crippen LogP contribution < -0.4 is 21.1 Å². The number of aliphatic imine (C=N–C) groups is 4. The molecule has 0 spiro atoms. The maximum absolute atomic E-state index is 5.34. The van der Waals surface area contributed by atoms with Crippen molar-refractivity contribution in [1.29, 1.82) is 0 Å². The molecule has 0 atom stereocenters. The highest BCUT2D eigenvalue weighted by Gasteiger charge is 2.36. The molecule has 0 amide bonds. The van der Waals surface area contributed by atoms with Crippen molar-refractivity contribution in [2.75, 3.05) is 23.3 Å². The zero-order valence-corrected chi connectivity index (χ0v) is 24.1. The van der Waals surface area contributed by atoms with Crippen LogP contribution in [0.25, 0.3) is 0 Å². The van der Waals surface area contributed by atoms with E-state index in [4.69, 9.17) is 8.83 Å². The molecular formula is C27H32N14O2. The zero-order valence-electron chi connectivity index (χ0n) is 24.1. The molecule has 0 aromatic carbocycles. The summed E-state index contributed by atoms with van der Waals surface area (Å²) in [5.74, 6) is 4.66. The van der Waals surface area contributed by atoms with Crippen molar-refractivity contribution in [3.8, 4) is 0 Å². The Bertz CT molecular complexity index is 1580. The number of hydrazone groups is 2.